The average molecular weight is 612 g/mol. The summed E-state index contributed by atoms with van der Waals surface area (Å²) in [5.41, 5.74) is -0.998. The van der Waals surface area contributed by atoms with Crippen molar-refractivity contribution in [2.24, 2.45) is 11.8 Å². The number of nitrogens with zero attached hydrogens (tertiary/aromatic N) is 7. The summed E-state index contributed by atoms with van der Waals surface area (Å²) in [6, 6.07) is 1.64. The lowest BCUT2D eigenvalue weighted by atomic mass is 10.0. The molecule has 0 spiro atoms. The van der Waals surface area contributed by atoms with Crippen LogP contribution < -0.4 is 10.2 Å². The van der Waals surface area contributed by atoms with Gasteiger partial charge in [-0.05, 0) is 85.1 Å². The number of dihydropyridines is 1. The fraction of sp³-hybridized carbons (Fsp3) is 0.607. The fourth-order valence-corrected chi connectivity index (χ4v) is 5.86. The number of H-pyrrole nitrogens is 1. The second-order valence-corrected chi connectivity index (χ2v) is 12.2. The van der Waals surface area contributed by atoms with E-state index in [4.69, 9.17) is 0 Å². The molecule has 2 atom stereocenters. The van der Waals surface area contributed by atoms with E-state index in [2.05, 4.69) is 53.6 Å². The Morgan fingerprint density at radius 1 is 0.884 bits per heavy atom. The highest BCUT2D eigenvalue weighted by molar-refractivity contribution is 5.43. The van der Waals surface area contributed by atoms with Crippen molar-refractivity contribution in [3.05, 3.63) is 58.1 Å². The molecular formula is C28H35F6N9. The normalized spacial score (nSPS) is 22.7. The van der Waals surface area contributed by atoms with E-state index >= 15 is 0 Å². The van der Waals surface area contributed by atoms with Gasteiger partial charge in [0.1, 0.15) is 12.0 Å². The second kappa shape index (κ2) is 10.9. The Morgan fingerprint density at radius 3 is 2.00 bits per heavy atom. The van der Waals surface area contributed by atoms with E-state index in [0.29, 0.717) is 11.8 Å². The van der Waals surface area contributed by atoms with Crippen LogP contribution in [0, 0.1) is 11.8 Å². The molecule has 2 aliphatic heterocycles. The SMILES string of the molecule is CC1N(C)C2=C(NC(N(CC3CC3)CC3CC3)C(CN(Cc3cc(C(F)(F)F)cc(C(F)(F)F)c3)c3nn[nH]n3)=C2)N1C. The van der Waals surface area contributed by atoms with E-state index < -0.39 is 23.5 Å². The minimum atomic E-state index is -4.95. The van der Waals surface area contributed by atoms with Crippen LogP contribution in [0.4, 0.5) is 32.3 Å². The van der Waals surface area contributed by atoms with Gasteiger partial charge in [0.15, 0.2) is 0 Å². The van der Waals surface area contributed by atoms with Crippen molar-refractivity contribution in [2.75, 3.05) is 38.6 Å². The summed E-state index contributed by atoms with van der Waals surface area (Å²) in [7, 11) is 4.01. The van der Waals surface area contributed by atoms with E-state index in [1.54, 1.807) is 4.90 Å². The first kappa shape index (κ1) is 29.6. The van der Waals surface area contributed by atoms with Gasteiger partial charge in [-0.1, -0.05) is 5.10 Å². The van der Waals surface area contributed by atoms with Crippen molar-refractivity contribution < 1.29 is 26.3 Å². The topological polar surface area (TPSA) is 79.5 Å². The second-order valence-electron chi connectivity index (χ2n) is 12.2. The van der Waals surface area contributed by atoms with E-state index in [1.807, 2.05) is 14.1 Å². The highest BCUT2D eigenvalue weighted by Crippen LogP contribution is 2.39. The van der Waals surface area contributed by atoms with Gasteiger partial charge in [0.2, 0.25) is 0 Å². The van der Waals surface area contributed by atoms with Gasteiger partial charge >= 0.3 is 12.4 Å². The quantitative estimate of drug-likeness (QED) is 0.378. The van der Waals surface area contributed by atoms with Gasteiger partial charge in [-0.2, -0.15) is 31.6 Å². The molecule has 1 aromatic carbocycles. The number of tetrazole rings is 1. The molecule has 3 heterocycles. The largest absolute Gasteiger partial charge is 0.416 e. The first-order valence-electron chi connectivity index (χ1n) is 14.5. The van der Waals surface area contributed by atoms with Crippen molar-refractivity contribution in [1.82, 2.24) is 40.6 Å². The van der Waals surface area contributed by atoms with Crippen LogP contribution in [0.15, 0.2) is 41.4 Å². The predicted octanol–water partition coefficient (Wildman–Crippen LogP) is 4.61. The molecule has 2 aliphatic carbocycles. The number of nitrogens with one attached hydrogen (secondary N) is 2. The Morgan fingerprint density at radius 2 is 1.49 bits per heavy atom. The molecule has 0 saturated heterocycles. The van der Waals surface area contributed by atoms with Crippen LogP contribution in [0.5, 0.6) is 0 Å². The average Bonchev–Trinajstić information content (AvgIpc) is 3.87. The van der Waals surface area contributed by atoms with Crippen LogP contribution in [0.3, 0.4) is 0 Å². The van der Waals surface area contributed by atoms with E-state index in [1.165, 1.54) is 25.7 Å². The Bertz CT molecular complexity index is 1330. The molecule has 0 radical (unpaired) electrons. The maximum Gasteiger partial charge on any atom is 0.416 e. The van der Waals surface area contributed by atoms with E-state index in [9.17, 15) is 26.3 Å². The monoisotopic (exact) mass is 611 g/mol. The molecule has 0 bridgehead atoms. The van der Waals surface area contributed by atoms with Gasteiger partial charge in [-0.3, -0.25) is 4.90 Å². The Hall–Kier alpha value is -3.49. The van der Waals surface area contributed by atoms with Crippen molar-refractivity contribution in [3.63, 3.8) is 0 Å². The predicted molar refractivity (Wildman–Crippen MR) is 146 cm³/mol. The number of hydrogen-bond acceptors (Lipinski definition) is 8. The maximum absolute atomic E-state index is 13.6. The number of anilines is 1. The van der Waals surface area contributed by atoms with Crippen LogP contribution in [0.25, 0.3) is 0 Å². The molecule has 2 N–H and O–H groups in total. The zero-order chi connectivity index (χ0) is 30.7. The smallest absolute Gasteiger partial charge is 0.352 e. The van der Waals surface area contributed by atoms with Gasteiger partial charge in [-0.25, -0.2) is 0 Å². The molecule has 2 unspecified atom stereocenters. The molecule has 43 heavy (non-hydrogen) atoms. The molecule has 234 valence electrons. The molecule has 15 heteroatoms. The molecule has 0 amide bonds. The number of aromatic amines is 1. The standard InChI is InChI=1S/C28H35F6N9/c1-16-40(2)23-10-20(24(35-25(23)41(16)3)42(12-17-4-5-17)13-18-6-7-18)15-43(26-36-38-39-37-26)14-19-8-21(27(29,30)31)11-22(9-19)28(32,33)34/h8-11,16-18,24,35H,4-7,12-15H2,1-3H3,(H,36,37,38,39). The zero-order valence-corrected chi connectivity index (χ0v) is 24.2. The Labute approximate surface area is 245 Å². The van der Waals surface area contributed by atoms with Crippen LogP contribution >= 0.6 is 0 Å². The summed E-state index contributed by atoms with van der Waals surface area (Å²) in [6.45, 7) is 3.78. The third-order valence-corrected chi connectivity index (χ3v) is 8.80. The Balaban J connectivity index is 1.37. The van der Waals surface area contributed by atoms with Crippen molar-refractivity contribution in [1.29, 1.82) is 0 Å². The number of likely N-dealkylation sites (N-methyl/N-ethyl adjacent to an activating group) is 1. The molecule has 6 rings (SSSR count). The van der Waals surface area contributed by atoms with Crippen molar-refractivity contribution in [3.8, 4) is 0 Å². The van der Waals surface area contributed by atoms with Gasteiger partial charge in [0.05, 0.1) is 23.0 Å². The first-order chi connectivity index (χ1) is 20.3. The highest BCUT2D eigenvalue weighted by Gasteiger charge is 2.41. The van der Waals surface area contributed by atoms with Crippen LogP contribution in [-0.4, -0.2) is 81.4 Å². The molecule has 9 nitrogen and oxygen atoms in total. The minimum Gasteiger partial charge on any atom is -0.352 e. The summed E-state index contributed by atoms with van der Waals surface area (Å²) >= 11 is 0. The van der Waals surface area contributed by atoms with Gasteiger partial charge < -0.3 is 20.0 Å². The van der Waals surface area contributed by atoms with E-state index in [0.717, 1.165) is 42.3 Å². The van der Waals surface area contributed by atoms with Crippen LogP contribution in [0.2, 0.25) is 0 Å². The number of hydrogen-bond donors (Lipinski definition) is 2. The molecule has 2 saturated carbocycles. The van der Waals surface area contributed by atoms with E-state index in [-0.39, 0.29) is 43.0 Å². The molecule has 2 aromatic rings. The lowest BCUT2D eigenvalue weighted by Gasteiger charge is -2.40. The molecular weight excluding hydrogens is 576 g/mol. The summed E-state index contributed by atoms with van der Waals surface area (Å²) in [4.78, 5) is 8.31. The number of rotatable bonds is 10. The summed E-state index contributed by atoms with van der Waals surface area (Å²) < 4.78 is 81.9. The number of allylic oxidation sites excluding steroid dienone is 1. The fourth-order valence-electron chi connectivity index (χ4n) is 5.86. The zero-order valence-electron chi connectivity index (χ0n) is 24.2. The lowest BCUT2D eigenvalue weighted by Crippen LogP contribution is -2.53. The number of alkyl halides is 6. The third kappa shape index (κ3) is 6.41. The van der Waals surface area contributed by atoms with Gasteiger partial charge in [0, 0.05) is 40.3 Å². The maximum atomic E-state index is 13.6. The minimum absolute atomic E-state index is 0.0756. The number of aromatic nitrogens is 4. The summed E-state index contributed by atoms with van der Waals surface area (Å²) in [6.07, 6.45) is -3.24. The Kier molecular flexibility index (Phi) is 7.50. The van der Waals surface area contributed by atoms with Crippen molar-refractivity contribution in [2.45, 2.75) is 63.8 Å². The molecule has 4 aliphatic rings. The third-order valence-electron chi connectivity index (χ3n) is 8.80. The summed E-state index contributed by atoms with van der Waals surface area (Å²) in [5, 5.41) is 17.8. The van der Waals surface area contributed by atoms with Crippen molar-refractivity contribution >= 4 is 5.95 Å². The number of benzene rings is 1. The van der Waals surface area contributed by atoms with Gasteiger partial charge in [0.25, 0.3) is 5.95 Å². The lowest BCUT2D eigenvalue weighted by molar-refractivity contribution is -0.143. The number of halogens is 6. The molecule has 1 aromatic heterocycles. The van der Waals surface area contributed by atoms with Crippen LogP contribution in [0.1, 0.15) is 49.3 Å². The first-order valence-corrected chi connectivity index (χ1v) is 14.5. The molecule has 2 fully saturated rings. The van der Waals surface area contributed by atoms with Crippen LogP contribution in [-0.2, 0) is 18.9 Å². The summed E-state index contributed by atoms with van der Waals surface area (Å²) in [5.74, 6) is 2.28. The highest BCUT2D eigenvalue weighted by atomic mass is 19.4. The van der Waals surface area contributed by atoms with Gasteiger partial charge in [-0.15, -0.1) is 5.10 Å².